The fraction of sp³-hybridized carbons (Fsp3) is 1.00. The maximum Gasteiger partial charge on any atom is 0.201 e. The van der Waals surface area contributed by atoms with E-state index in [-0.39, 0.29) is 12.7 Å². The van der Waals surface area contributed by atoms with Crippen molar-refractivity contribution < 1.29 is 24.4 Å². The fourth-order valence-corrected chi connectivity index (χ4v) is 4.33. The molecule has 3 aliphatic rings. The summed E-state index contributed by atoms with van der Waals surface area (Å²) in [7, 11) is 0. The van der Waals surface area contributed by atoms with Crippen LogP contribution >= 0.6 is 0 Å². The van der Waals surface area contributed by atoms with Crippen molar-refractivity contribution in [1.29, 1.82) is 0 Å². The van der Waals surface area contributed by atoms with E-state index in [0.717, 1.165) is 18.8 Å². The molecule has 0 aromatic carbocycles. The van der Waals surface area contributed by atoms with Crippen molar-refractivity contribution >= 4 is 0 Å². The molecule has 2 aliphatic heterocycles. The SMILES string of the molecule is CC1C2CCCC(CCC3(C)OOCC(OC1CCO)O3)C2. The smallest absolute Gasteiger partial charge is 0.201 e. The molecule has 0 spiro atoms. The lowest BCUT2D eigenvalue weighted by atomic mass is 9.72. The third-order valence-electron chi connectivity index (χ3n) is 5.72. The van der Waals surface area contributed by atoms with E-state index < -0.39 is 12.1 Å². The van der Waals surface area contributed by atoms with Gasteiger partial charge in [0.1, 0.15) is 6.61 Å². The van der Waals surface area contributed by atoms with Gasteiger partial charge in [0.2, 0.25) is 5.79 Å². The van der Waals surface area contributed by atoms with Gasteiger partial charge in [-0.1, -0.05) is 26.2 Å². The van der Waals surface area contributed by atoms with Gasteiger partial charge in [-0.15, -0.1) is 0 Å². The van der Waals surface area contributed by atoms with Crippen molar-refractivity contribution in [2.45, 2.75) is 77.0 Å². The molecule has 22 heavy (non-hydrogen) atoms. The van der Waals surface area contributed by atoms with Gasteiger partial charge in [0.05, 0.1) is 6.10 Å². The van der Waals surface area contributed by atoms with E-state index in [1.807, 2.05) is 6.92 Å². The third kappa shape index (κ3) is 3.82. The van der Waals surface area contributed by atoms with Gasteiger partial charge in [0.25, 0.3) is 0 Å². The van der Waals surface area contributed by atoms with E-state index in [1.165, 1.54) is 25.7 Å². The third-order valence-corrected chi connectivity index (χ3v) is 5.72. The normalized spacial score (nSPS) is 46.8. The summed E-state index contributed by atoms with van der Waals surface area (Å²) in [5, 5.41) is 9.40. The summed E-state index contributed by atoms with van der Waals surface area (Å²) >= 11 is 0. The zero-order valence-corrected chi connectivity index (χ0v) is 13.8. The topological polar surface area (TPSA) is 57.2 Å². The Balaban J connectivity index is 1.79. The van der Waals surface area contributed by atoms with Crippen LogP contribution in [-0.2, 0) is 19.2 Å². The predicted molar refractivity (Wildman–Crippen MR) is 80.7 cm³/mol. The zero-order valence-electron chi connectivity index (χ0n) is 13.8. The van der Waals surface area contributed by atoms with E-state index in [4.69, 9.17) is 19.2 Å². The first-order chi connectivity index (χ1) is 10.6. The molecular formula is C17H30O5. The van der Waals surface area contributed by atoms with Gasteiger partial charge >= 0.3 is 0 Å². The molecule has 5 nitrogen and oxygen atoms in total. The summed E-state index contributed by atoms with van der Waals surface area (Å²) in [5.74, 6) is 1.14. The minimum atomic E-state index is -0.715. The Morgan fingerprint density at radius 3 is 2.91 bits per heavy atom. The lowest BCUT2D eigenvalue weighted by Gasteiger charge is -2.39. The molecule has 6 atom stereocenters. The van der Waals surface area contributed by atoms with Crippen molar-refractivity contribution in [2.24, 2.45) is 17.8 Å². The van der Waals surface area contributed by atoms with Crippen LogP contribution in [0.2, 0.25) is 0 Å². The average Bonchev–Trinajstić information content (AvgIpc) is 2.52. The summed E-state index contributed by atoms with van der Waals surface area (Å²) in [5.41, 5.74) is 0. The molecule has 2 saturated heterocycles. The van der Waals surface area contributed by atoms with Gasteiger partial charge in [-0.2, -0.15) is 0 Å². The van der Waals surface area contributed by atoms with Crippen LogP contribution in [0.4, 0.5) is 0 Å². The quantitative estimate of drug-likeness (QED) is 0.794. The van der Waals surface area contributed by atoms with Gasteiger partial charge < -0.3 is 14.6 Å². The first-order valence-corrected chi connectivity index (χ1v) is 8.84. The molecule has 0 aromatic heterocycles. The number of fused-ring (bicyclic) bond motifs is 4. The maximum absolute atomic E-state index is 9.40. The van der Waals surface area contributed by atoms with Gasteiger partial charge in [-0.25, -0.2) is 9.78 Å². The summed E-state index contributed by atoms with van der Waals surface area (Å²) in [4.78, 5) is 10.7. The molecule has 1 N–H and O–H groups in total. The second-order valence-corrected chi connectivity index (χ2v) is 7.43. The Bertz CT molecular complexity index is 363. The molecule has 2 heterocycles. The largest absolute Gasteiger partial charge is 0.396 e. The molecular weight excluding hydrogens is 284 g/mol. The van der Waals surface area contributed by atoms with Gasteiger partial charge in [-0.05, 0) is 43.9 Å². The average molecular weight is 314 g/mol. The van der Waals surface area contributed by atoms with Gasteiger partial charge in [-0.3, -0.25) is 0 Å². The highest BCUT2D eigenvalue weighted by Gasteiger charge is 2.41. The van der Waals surface area contributed by atoms with Crippen LogP contribution in [0.5, 0.6) is 0 Å². The Hall–Kier alpha value is -0.200. The van der Waals surface area contributed by atoms with Crippen LogP contribution in [0.25, 0.3) is 0 Å². The van der Waals surface area contributed by atoms with E-state index in [9.17, 15) is 5.11 Å². The van der Waals surface area contributed by atoms with Crippen molar-refractivity contribution in [3.05, 3.63) is 0 Å². The standard InChI is InChI=1S/C17H30O5/c1-12-14-5-3-4-13(10-14)6-8-17(2)21-16(11-19-22-17)20-15(12)7-9-18/h12-16,18H,3-11H2,1-2H3. The van der Waals surface area contributed by atoms with Crippen molar-refractivity contribution in [2.75, 3.05) is 13.2 Å². The Kier molecular flexibility index (Phi) is 5.40. The van der Waals surface area contributed by atoms with E-state index in [0.29, 0.717) is 24.9 Å². The van der Waals surface area contributed by atoms with Crippen LogP contribution in [0.3, 0.4) is 0 Å². The molecule has 128 valence electrons. The molecule has 1 saturated carbocycles. The van der Waals surface area contributed by atoms with E-state index >= 15 is 0 Å². The maximum atomic E-state index is 9.40. The van der Waals surface area contributed by atoms with Gasteiger partial charge in [0.15, 0.2) is 6.29 Å². The first-order valence-electron chi connectivity index (χ1n) is 8.84. The number of hydrogen-bond donors (Lipinski definition) is 1. The molecule has 3 rings (SSSR count). The van der Waals surface area contributed by atoms with E-state index in [1.54, 1.807) is 0 Å². The van der Waals surface area contributed by atoms with Crippen LogP contribution in [0, 0.1) is 17.8 Å². The number of aliphatic hydroxyl groups excluding tert-OH is 1. The predicted octanol–water partition coefficient (Wildman–Crippen LogP) is 3.01. The molecule has 4 bridgehead atoms. The summed E-state index contributed by atoms with van der Waals surface area (Å²) in [6, 6.07) is 0. The van der Waals surface area contributed by atoms with Gasteiger partial charge in [0, 0.05) is 13.0 Å². The van der Waals surface area contributed by atoms with Crippen molar-refractivity contribution in [1.82, 2.24) is 0 Å². The zero-order chi connectivity index (χ0) is 15.6. The van der Waals surface area contributed by atoms with Crippen LogP contribution in [-0.4, -0.2) is 36.5 Å². The number of ether oxygens (including phenoxy) is 2. The molecule has 6 unspecified atom stereocenters. The highest BCUT2D eigenvalue weighted by Crippen LogP contribution is 2.41. The number of aliphatic hydroxyl groups is 1. The number of hydrogen-bond acceptors (Lipinski definition) is 5. The fourth-order valence-electron chi connectivity index (χ4n) is 4.33. The molecule has 1 aliphatic carbocycles. The van der Waals surface area contributed by atoms with Crippen LogP contribution < -0.4 is 0 Å². The monoisotopic (exact) mass is 314 g/mol. The second kappa shape index (κ2) is 7.14. The molecule has 0 radical (unpaired) electrons. The van der Waals surface area contributed by atoms with E-state index in [2.05, 4.69) is 6.92 Å². The minimum Gasteiger partial charge on any atom is -0.396 e. The highest BCUT2D eigenvalue weighted by molar-refractivity contribution is 4.83. The lowest BCUT2D eigenvalue weighted by molar-refractivity contribution is -0.503. The Morgan fingerprint density at radius 2 is 2.09 bits per heavy atom. The minimum absolute atomic E-state index is 0.0165. The molecule has 3 fully saturated rings. The summed E-state index contributed by atoms with van der Waals surface area (Å²) in [6.07, 6.45) is 7.34. The molecule has 5 heteroatoms. The molecule has 0 aromatic rings. The molecule has 0 amide bonds. The number of rotatable bonds is 2. The highest BCUT2D eigenvalue weighted by atomic mass is 17.2. The second-order valence-electron chi connectivity index (χ2n) is 7.43. The first kappa shape index (κ1) is 16.7. The van der Waals surface area contributed by atoms with Crippen LogP contribution in [0.1, 0.15) is 58.8 Å². The van der Waals surface area contributed by atoms with Crippen LogP contribution in [0.15, 0.2) is 0 Å². The Labute approximate surface area is 133 Å². The lowest BCUT2D eigenvalue weighted by Crippen LogP contribution is -2.47. The summed E-state index contributed by atoms with van der Waals surface area (Å²) < 4.78 is 12.2. The van der Waals surface area contributed by atoms with Crippen molar-refractivity contribution in [3.8, 4) is 0 Å². The van der Waals surface area contributed by atoms with Crippen molar-refractivity contribution in [3.63, 3.8) is 0 Å². The summed E-state index contributed by atoms with van der Waals surface area (Å²) in [6.45, 7) is 4.64. The Morgan fingerprint density at radius 1 is 1.23 bits per heavy atom.